The van der Waals surface area contributed by atoms with E-state index in [9.17, 15) is 8.78 Å². The number of halogens is 2. The molecule has 0 spiro atoms. The Morgan fingerprint density at radius 3 is 2.70 bits per heavy atom. The van der Waals surface area contributed by atoms with Crippen LogP contribution in [-0.4, -0.2) is 17.6 Å². The van der Waals surface area contributed by atoms with E-state index in [1.165, 1.54) is 12.1 Å². The maximum atomic E-state index is 13.3. The molecular weight excluding hydrogens is 266 g/mol. The van der Waals surface area contributed by atoms with Crippen LogP contribution in [0.1, 0.15) is 33.1 Å². The van der Waals surface area contributed by atoms with E-state index in [0.29, 0.717) is 12.8 Å². The fraction of sp³-hybridized carbons (Fsp3) is 0.500. The van der Waals surface area contributed by atoms with Crippen LogP contribution in [0, 0.1) is 17.0 Å². The van der Waals surface area contributed by atoms with Crippen LogP contribution in [0.5, 0.6) is 5.75 Å². The van der Waals surface area contributed by atoms with Crippen LogP contribution in [0.2, 0.25) is 0 Å². The number of rotatable bonds is 7. The summed E-state index contributed by atoms with van der Waals surface area (Å²) in [6, 6.07) is 3.83. The van der Waals surface area contributed by atoms with Gasteiger partial charge in [-0.25, -0.2) is 4.39 Å². The van der Waals surface area contributed by atoms with E-state index >= 15 is 0 Å². The molecule has 0 amide bonds. The van der Waals surface area contributed by atoms with Gasteiger partial charge in [0.15, 0.2) is 11.6 Å². The summed E-state index contributed by atoms with van der Waals surface area (Å²) in [5.74, 6) is -1.80. The lowest BCUT2D eigenvalue weighted by atomic mass is 9.86. The van der Waals surface area contributed by atoms with Gasteiger partial charge in [0.2, 0.25) is 5.82 Å². The Bertz CT molecular complexity index is 476. The molecule has 0 aromatic heterocycles. The Hall–Kier alpha value is -1.85. The van der Waals surface area contributed by atoms with Gasteiger partial charge in [-0.1, -0.05) is 25.1 Å². The minimum Gasteiger partial charge on any atom is -0.490 e. The number of benzene rings is 1. The first-order valence-corrected chi connectivity index (χ1v) is 6.43. The van der Waals surface area contributed by atoms with Crippen molar-refractivity contribution in [2.24, 2.45) is 16.3 Å². The lowest BCUT2D eigenvalue weighted by Gasteiger charge is -2.22. The molecule has 0 aliphatic rings. The van der Waals surface area contributed by atoms with Crippen molar-refractivity contribution in [3.8, 4) is 5.75 Å². The minimum atomic E-state index is -0.968. The van der Waals surface area contributed by atoms with Crippen molar-refractivity contribution in [1.29, 1.82) is 0 Å². The van der Waals surface area contributed by atoms with Crippen molar-refractivity contribution in [1.82, 2.24) is 0 Å². The highest BCUT2D eigenvalue weighted by atomic mass is 19.2. The highest BCUT2D eigenvalue weighted by Gasteiger charge is 2.22. The van der Waals surface area contributed by atoms with Crippen LogP contribution in [-0.2, 0) is 0 Å². The standard InChI is InChI=1S/C14H20F2N2O2/c1-14(2,13(17)18-19)8-3-4-9-20-11-7-5-6-10(15)12(11)16/h5-7,19H,3-4,8-9H2,1-2H3,(H2,17,18). The molecule has 0 atom stereocenters. The number of hydrogen-bond donors (Lipinski definition) is 2. The van der Waals surface area contributed by atoms with Gasteiger partial charge in [0, 0.05) is 5.41 Å². The molecule has 1 aromatic rings. The van der Waals surface area contributed by atoms with E-state index in [1.807, 2.05) is 13.8 Å². The molecule has 0 saturated heterocycles. The maximum Gasteiger partial charge on any atom is 0.200 e. The molecule has 0 radical (unpaired) electrons. The Morgan fingerprint density at radius 1 is 1.35 bits per heavy atom. The average molecular weight is 286 g/mol. The molecule has 0 bridgehead atoms. The van der Waals surface area contributed by atoms with E-state index in [4.69, 9.17) is 15.7 Å². The summed E-state index contributed by atoms with van der Waals surface area (Å²) in [4.78, 5) is 0. The number of unbranched alkanes of at least 4 members (excludes halogenated alkanes) is 1. The molecule has 4 nitrogen and oxygen atoms in total. The summed E-state index contributed by atoms with van der Waals surface area (Å²) in [5.41, 5.74) is 5.17. The largest absolute Gasteiger partial charge is 0.490 e. The van der Waals surface area contributed by atoms with Gasteiger partial charge in [-0.05, 0) is 31.4 Å². The van der Waals surface area contributed by atoms with E-state index < -0.39 is 17.0 Å². The molecule has 6 heteroatoms. The highest BCUT2D eigenvalue weighted by Crippen LogP contribution is 2.24. The summed E-state index contributed by atoms with van der Waals surface area (Å²) in [6.07, 6.45) is 2.14. The number of ether oxygens (including phenoxy) is 1. The van der Waals surface area contributed by atoms with Crippen LogP contribution >= 0.6 is 0 Å². The third-order valence-corrected chi connectivity index (χ3v) is 3.17. The summed E-state index contributed by atoms with van der Waals surface area (Å²) in [7, 11) is 0. The average Bonchev–Trinajstić information content (AvgIpc) is 2.41. The first kappa shape index (κ1) is 16.2. The van der Waals surface area contributed by atoms with Crippen molar-refractivity contribution in [2.75, 3.05) is 6.61 Å². The van der Waals surface area contributed by atoms with Crippen LogP contribution < -0.4 is 10.5 Å². The first-order valence-electron chi connectivity index (χ1n) is 6.43. The quantitative estimate of drug-likeness (QED) is 0.266. The Kier molecular flexibility index (Phi) is 5.73. The lowest BCUT2D eigenvalue weighted by Crippen LogP contribution is -2.31. The Balaban J connectivity index is 2.34. The van der Waals surface area contributed by atoms with Gasteiger partial charge < -0.3 is 15.7 Å². The van der Waals surface area contributed by atoms with Gasteiger partial charge in [0.25, 0.3) is 0 Å². The normalized spacial score (nSPS) is 12.5. The Morgan fingerprint density at radius 2 is 2.05 bits per heavy atom. The molecule has 112 valence electrons. The fourth-order valence-electron chi connectivity index (χ4n) is 1.71. The molecule has 0 aliphatic carbocycles. The van der Waals surface area contributed by atoms with E-state index in [2.05, 4.69) is 5.16 Å². The molecule has 1 rings (SSSR count). The summed E-state index contributed by atoms with van der Waals surface area (Å²) < 4.78 is 31.4. The predicted octanol–water partition coefficient (Wildman–Crippen LogP) is 3.29. The van der Waals surface area contributed by atoms with Gasteiger partial charge in [-0.15, -0.1) is 0 Å². The predicted molar refractivity (Wildman–Crippen MR) is 72.9 cm³/mol. The molecule has 1 aromatic carbocycles. The van der Waals surface area contributed by atoms with Crippen LogP contribution in [0.25, 0.3) is 0 Å². The smallest absolute Gasteiger partial charge is 0.200 e. The second-order valence-corrected chi connectivity index (χ2v) is 5.23. The Labute approximate surface area is 117 Å². The first-order chi connectivity index (χ1) is 9.38. The van der Waals surface area contributed by atoms with Gasteiger partial charge in [-0.2, -0.15) is 4.39 Å². The molecule has 0 unspecified atom stereocenters. The third kappa shape index (κ3) is 4.36. The minimum absolute atomic E-state index is 0.0827. The molecule has 0 heterocycles. The number of amidine groups is 1. The molecular formula is C14H20F2N2O2. The van der Waals surface area contributed by atoms with E-state index in [-0.39, 0.29) is 18.2 Å². The maximum absolute atomic E-state index is 13.3. The monoisotopic (exact) mass is 286 g/mol. The SMILES string of the molecule is CC(C)(CCCCOc1cccc(F)c1F)/C(N)=N/O. The lowest BCUT2D eigenvalue weighted by molar-refractivity contribution is 0.275. The molecule has 20 heavy (non-hydrogen) atoms. The van der Waals surface area contributed by atoms with Gasteiger partial charge >= 0.3 is 0 Å². The zero-order chi connectivity index (χ0) is 15.2. The number of hydrogen-bond acceptors (Lipinski definition) is 3. The number of nitrogens with two attached hydrogens (primary N) is 1. The van der Waals surface area contributed by atoms with Crippen molar-refractivity contribution in [3.63, 3.8) is 0 Å². The van der Waals surface area contributed by atoms with Crippen LogP contribution in [0.15, 0.2) is 23.4 Å². The molecule has 0 saturated carbocycles. The van der Waals surface area contributed by atoms with Crippen LogP contribution in [0.4, 0.5) is 8.78 Å². The van der Waals surface area contributed by atoms with E-state index in [0.717, 1.165) is 12.5 Å². The van der Waals surface area contributed by atoms with Gasteiger partial charge in [0.1, 0.15) is 5.84 Å². The topological polar surface area (TPSA) is 67.8 Å². The van der Waals surface area contributed by atoms with Crippen molar-refractivity contribution >= 4 is 5.84 Å². The second-order valence-electron chi connectivity index (χ2n) is 5.23. The molecule has 0 aliphatic heterocycles. The van der Waals surface area contributed by atoms with Crippen molar-refractivity contribution in [2.45, 2.75) is 33.1 Å². The number of oxime groups is 1. The zero-order valence-electron chi connectivity index (χ0n) is 11.7. The third-order valence-electron chi connectivity index (χ3n) is 3.17. The fourth-order valence-corrected chi connectivity index (χ4v) is 1.71. The van der Waals surface area contributed by atoms with Gasteiger partial charge in [0.05, 0.1) is 6.61 Å². The highest BCUT2D eigenvalue weighted by molar-refractivity contribution is 5.85. The number of nitrogens with zero attached hydrogens (tertiary/aromatic N) is 1. The second kappa shape index (κ2) is 7.07. The summed E-state index contributed by atoms with van der Waals surface area (Å²) >= 11 is 0. The molecule has 0 fully saturated rings. The summed E-state index contributed by atoms with van der Waals surface area (Å²) in [6.45, 7) is 4.02. The van der Waals surface area contributed by atoms with Crippen molar-refractivity contribution < 1.29 is 18.7 Å². The van der Waals surface area contributed by atoms with Crippen LogP contribution in [0.3, 0.4) is 0 Å². The van der Waals surface area contributed by atoms with E-state index in [1.54, 1.807) is 0 Å². The summed E-state index contributed by atoms with van der Waals surface area (Å²) in [5, 5.41) is 11.6. The zero-order valence-corrected chi connectivity index (χ0v) is 11.7. The van der Waals surface area contributed by atoms with Crippen molar-refractivity contribution in [3.05, 3.63) is 29.8 Å². The van der Waals surface area contributed by atoms with Gasteiger partial charge in [-0.3, -0.25) is 0 Å². The molecule has 3 N–H and O–H groups in total.